The topological polar surface area (TPSA) is 81.8 Å². The van der Waals surface area contributed by atoms with Gasteiger partial charge in [-0.1, -0.05) is 6.07 Å². The van der Waals surface area contributed by atoms with Crippen LogP contribution in [-0.4, -0.2) is 55.0 Å². The Kier molecular flexibility index (Phi) is 4.77. The number of hydrogen-bond donors (Lipinski definition) is 2. The first-order valence-corrected chi connectivity index (χ1v) is 10.2. The molecule has 3 aliphatic rings. The zero-order valence-corrected chi connectivity index (χ0v) is 16.6. The van der Waals surface area contributed by atoms with Crippen LogP contribution in [0.5, 0.6) is 0 Å². The van der Waals surface area contributed by atoms with Crippen molar-refractivity contribution in [2.75, 3.05) is 31.1 Å². The Morgan fingerprint density at radius 2 is 1.89 bits per heavy atom. The van der Waals surface area contributed by atoms with Crippen LogP contribution in [-0.2, 0) is 4.79 Å². The molecule has 4 amide bonds. The maximum Gasteiger partial charge on any atom is 0.322 e. The Hall–Kier alpha value is -2.57. The fourth-order valence-corrected chi connectivity index (χ4v) is 4.98. The highest BCUT2D eigenvalue weighted by molar-refractivity contribution is 5.99. The fourth-order valence-electron chi connectivity index (χ4n) is 4.98. The molecule has 2 N–H and O–H groups in total. The Morgan fingerprint density at radius 1 is 1.11 bits per heavy atom. The summed E-state index contributed by atoms with van der Waals surface area (Å²) >= 11 is 0. The van der Waals surface area contributed by atoms with Gasteiger partial charge in [0.15, 0.2) is 0 Å². The Bertz CT molecular complexity index is 820. The molecule has 0 aromatic heterocycles. The number of nitrogens with zero attached hydrogens (tertiary/aromatic N) is 2. The van der Waals surface area contributed by atoms with Gasteiger partial charge in [-0.15, -0.1) is 0 Å². The van der Waals surface area contributed by atoms with Gasteiger partial charge in [0.05, 0.1) is 5.41 Å². The van der Waals surface area contributed by atoms with E-state index >= 15 is 0 Å². The van der Waals surface area contributed by atoms with Crippen molar-refractivity contribution in [3.05, 3.63) is 29.3 Å². The fraction of sp³-hybridized carbons (Fsp3) is 0.571. The van der Waals surface area contributed by atoms with E-state index in [9.17, 15) is 14.4 Å². The zero-order chi connectivity index (χ0) is 19.9. The van der Waals surface area contributed by atoms with E-state index in [1.54, 1.807) is 4.90 Å². The molecule has 150 valence electrons. The van der Waals surface area contributed by atoms with Gasteiger partial charge in [0, 0.05) is 43.5 Å². The molecule has 0 aliphatic carbocycles. The standard InChI is InChI=1S/C21H28N4O3/c1-14-5-6-16(13-17(14)25-12-10-23-20(25)28)18(26)24-11-4-8-21(15(24)2)7-3-9-22-19(21)27/h5-6,13,15H,3-4,7-12H2,1-2H3,(H,22,27)(H,23,28)/t15-,21-/m0/s1. The highest BCUT2D eigenvalue weighted by atomic mass is 16.2. The lowest BCUT2D eigenvalue weighted by molar-refractivity contribution is -0.140. The summed E-state index contributed by atoms with van der Waals surface area (Å²) in [5, 5.41) is 5.81. The second kappa shape index (κ2) is 7.11. The van der Waals surface area contributed by atoms with E-state index in [0.717, 1.165) is 43.5 Å². The third-order valence-corrected chi connectivity index (χ3v) is 6.69. The number of anilines is 1. The smallest absolute Gasteiger partial charge is 0.322 e. The average Bonchev–Trinajstić information content (AvgIpc) is 3.12. The lowest BCUT2D eigenvalue weighted by atomic mass is 9.68. The number of aryl methyl sites for hydroxylation is 1. The molecule has 3 heterocycles. The van der Waals surface area contributed by atoms with Crippen LogP contribution in [0.1, 0.15) is 48.5 Å². The predicted octanol–water partition coefficient (Wildman–Crippen LogP) is 2.05. The summed E-state index contributed by atoms with van der Waals surface area (Å²) in [6.07, 6.45) is 3.45. The number of nitrogens with one attached hydrogen (secondary N) is 2. The van der Waals surface area contributed by atoms with Crippen LogP contribution < -0.4 is 15.5 Å². The van der Waals surface area contributed by atoms with Gasteiger partial charge in [0.25, 0.3) is 5.91 Å². The molecule has 0 saturated carbocycles. The summed E-state index contributed by atoms with van der Waals surface area (Å²) in [5.41, 5.74) is 1.83. The van der Waals surface area contributed by atoms with Gasteiger partial charge in [0.2, 0.25) is 5.91 Å². The number of hydrogen-bond acceptors (Lipinski definition) is 3. The first kappa shape index (κ1) is 18.8. The van der Waals surface area contributed by atoms with Crippen LogP contribution in [0.15, 0.2) is 18.2 Å². The molecule has 1 spiro atoms. The van der Waals surface area contributed by atoms with Crippen molar-refractivity contribution >= 4 is 23.5 Å². The Labute approximate surface area is 165 Å². The van der Waals surface area contributed by atoms with Crippen molar-refractivity contribution < 1.29 is 14.4 Å². The van der Waals surface area contributed by atoms with Crippen LogP contribution in [0.25, 0.3) is 0 Å². The summed E-state index contributed by atoms with van der Waals surface area (Å²) in [7, 11) is 0. The van der Waals surface area contributed by atoms with E-state index in [-0.39, 0.29) is 23.9 Å². The van der Waals surface area contributed by atoms with E-state index in [4.69, 9.17) is 0 Å². The summed E-state index contributed by atoms with van der Waals surface area (Å²) in [5.74, 6) is 0.0212. The van der Waals surface area contributed by atoms with Gasteiger partial charge < -0.3 is 15.5 Å². The van der Waals surface area contributed by atoms with Gasteiger partial charge in [-0.05, 0) is 57.2 Å². The van der Waals surface area contributed by atoms with Crippen LogP contribution in [0.4, 0.5) is 10.5 Å². The number of carbonyl (C=O) groups excluding carboxylic acids is 3. The zero-order valence-electron chi connectivity index (χ0n) is 16.6. The predicted molar refractivity (Wildman–Crippen MR) is 106 cm³/mol. The second-order valence-corrected chi connectivity index (χ2v) is 8.18. The maximum absolute atomic E-state index is 13.4. The summed E-state index contributed by atoms with van der Waals surface area (Å²) < 4.78 is 0. The molecule has 3 saturated heterocycles. The van der Waals surface area contributed by atoms with Gasteiger partial charge in [-0.2, -0.15) is 0 Å². The molecule has 3 fully saturated rings. The minimum Gasteiger partial charge on any atom is -0.356 e. The minimum atomic E-state index is -0.478. The molecule has 28 heavy (non-hydrogen) atoms. The number of benzene rings is 1. The van der Waals surface area contributed by atoms with Crippen LogP contribution in [0.3, 0.4) is 0 Å². The van der Waals surface area contributed by atoms with E-state index in [0.29, 0.717) is 25.2 Å². The molecule has 4 rings (SSSR count). The van der Waals surface area contributed by atoms with Crippen LogP contribution in [0, 0.1) is 12.3 Å². The Balaban J connectivity index is 1.62. The number of amides is 4. The monoisotopic (exact) mass is 384 g/mol. The molecule has 0 bridgehead atoms. The lowest BCUT2D eigenvalue weighted by Crippen LogP contribution is -2.61. The quantitative estimate of drug-likeness (QED) is 0.819. The van der Waals surface area contributed by atoms with Gasteiger partial charge in [0.1, 0.15) is 0 Å². The van der Waals surface area contributed by atoms with Crippen molar-refractivity contribution in [1.29, 1.82) is 0 Å². The van der Waals surface area contributed by atoms with E-state index < -0.39 is 5.41 Å². The number of rotatable bonds is 2. The summed E-state index contributed by atoms with van der Waals surface area (Å²) in [6.45, 7) is 6.53. The van der Waals surface area contributed by atoms with Gasteiger partial charge in [-0.25, -0.2) is 4.79 Å². The van der Waals surface area contributed by atoms with Crippen molar-refractivity contribution in [2.24, 2.45) is 5.41 Å². The molecular weight excluding hydrogens is 356 g/mol. The second-order valence-electron chi connectivity index (χ2n) is 8.18. The van der Waals surface area contributed by atoms with E-state index in [1.807, 2.05) is 36.9 Å². The average molecular weight is 384 g/mol. The Morgan fingerprint density at radius 3 is 2.61 bits per heavy atom. The normalized spacial score (nSPS) is 27.7. The molecule has 2 atom stereocenters. The molecule has 0 unspecified atom stereocenters. The number of piperidine rings is 2. The third kappa shape index (κ3) is 2.93. The maximum atomic E-state index is 13.4. The number of urea groups is 1. The lowest BCUT2D eigenvalue weighted by Gasteiger charge is -2.49. The van der Waals surface area contributed by atoms with Crippen LogP contribution in [0.2, 0.25) is 0 Å². The molecular formula is C21H28N4O3. The summed E-state index contributed by atoms with van der Waals surface area (Å²) in [6, 6.07) is 5.26. The first-order valence-electron chi connectivity index (χ1n) is 10.2. The highest BCUT2D eigenvalue weighted by Gasteiger charge is 2.50. The molecule has 1 aromatic rings. The molecule has 7 nitrogen and oxygen atoms in total. The molecule has 7 heteroatoms. The van der Waals surface area contributed by atoms with E-state index in [2.05, 4.69) is 10.6 Å². The third-order valence-electron chi connectivity index (χ3n) is 6.69. The van der Waals surface area contributed by atoms with Crippen molar-refractivity contribution in [3.8, 4) is 0 Å². The van der Waals surface area contributed by atoms with Crippen molar-refractivity contribution in [1.82, 2.24) is 15.5 Å². The molecule has 3 aliphatic heterocycles. The largest absolute Gasteiger partial charge is 0.356 e. The molecule has 1 aromatic carbocycles. The van der Waals surface area contributed by atoms with Crippen LogP contribution >= 0.6 is 0 Å². The first-order chi connectivity index (χ1) is 13.4. The highest BCUT2D eigenvalue weighted by Crippen LogP contribution is 2.42. The van der Waals surface area contributed by atoms with Gasteiger partial charge in [-0.3, -0.25) is 14.5 Å². The number of carbonyl (C=O) groups is 3. The van der Waals surface area contributed by atoms with Crippen molar-refractivity contribution in [3.63, 3.8) is 0 Å². The summed E-state index contributed by atoms with van der Waals surface area (Å²) in [4.78, 5) is 41.7. The van der Waals surface area contributed by atoms with Crippen molar-refractivity contribution in [2.45, 2.75) is 45.6 Å². The van der Waals surface area contributed by atoms with Gasteiger partial charge >= 0.3 is 6.03 Å². The van der Waals surface area contributed by atoms with E-state index in [1.165, 1.54) is 0 Å². The minimum absolute atomic E-state index is 0.0641. The molecule has 0 radical (unpaired) electrons. The number of likely N-dealkylation sites (tertiary alicyclic amines) is 1. The SMILES string of the molecule is Cc1ccc(C(=O)N2CCC[C@@]3(CCCNC3=O)[C@@H]2C)cc1N1CCNC1=O.